The first-order valence-electron chi connectivity index (χ1n) is 8.96. The number of anilines is 1. The fourth-order valence-electron chi connectivity index (χ4n) is 3.50. The van der Waals surface area contributed by atoms with E-state index in [9.17, 15) is 4.79 Å². The highest BCUT2D eigenvalue weighted by molar-refractivity contribution is 5.95. The van der Waals surface area contributed by atoms with Crippen LogP contribution < -0.4 is 10.1 Å². The average Bonchev–Trinajstić information content (AvgIpc) is 2.62. The van der Waals surface area contributed by atoms with Gasteiger partial charge in [-0.15, -0.1) is 0 Å². The molecule has 2 aromatic rings. The Hall–Kier alpha value is -2.37. The third kappa shape index (κ3) is 4.42. The van der Waals surface area contributed by atoms with Crippen molar-refractivity contribution >= 4 is 11.6 Å². The van der Waals surface area contributed by atoms with Gasteiger partial charge in [0, 0.05) is 24.8 Å². The maximum Gasteiger partial charge on any atom is 0.246 e. The van der Waals surface area contributed by atoms with Crippen molar-refractivity contribution in [1.82, 2.24) is 4.90 Å². The molecule has 3 unspecified atom stereocenters. The van der Waals surface area contributed by atoms with Crippen LogP contribution in [0.2, 0.25) is 0 Å². The zero-order chi connectivity index (χ0) is 18.5. The van der Waals surface area contributed by atoms with Gasteiger partial charge in [0.2, 0.25) is 5.91 Å². The van der Waals surface area contributed by atoms with Crippen molar-refractivity contribution in [1.29, 1.82) is 0 Å². The number of nitrogens with zero attached hydrogens (tertiary/aromatic N) is 1. The molecule has 1 fully saturated rings. The Bertz CT molecular complexity index is 725. The predicted octanol–water partition coefficient (Wildman–Crippen LogP) is 3.48. The molecule has 3 atom stereocenters. The Labute approximate surface area is 154 Å². The fourth-order valence-corrected chi connectivity index (χ4v) is 3.50. The highest BCUT2D eigenvalue weighted by Crippen LogP contribution is 2.27. The molecule has 1 aliphatic rings. The molecule has 5 nitrogen and oxygen atoms in total. The average molecular weight is 354 g/mol. The van der Waals surface area contributed by atoms with E-state index in [2.05, 4.69) is 10.2 Å². The number of amides is 1. The molecule has 0 saturated carbocycles. The van der Waals surface area contributed by atoms with E-state index in [1.165, 1.54) is 0 Å². The lowest BCUT2D eigenvalue weighted by Crippen LogP contribution is -2.49. The molecule has 1 N–H and O–H groups in total. The summed E-state index contributed by atoms with van der Waals surface area (Å²) in [6.07, 6.45) is 0.184. The monoisotopic (exact) mass is 354 g/mol. The summed E-state index contributed by atoms with van der Waals surface area (Å²) in [5.74, 6) is 0.665. The van der Waals surface area contributed by atoms with Gasteiger partial charge in [-0.05, 0) is 31.5 Å². The molecule has 0 spiro atoms. The summed E-state index contributed by atoms with van der Waals surface area (Å²) in [4.78, 5) is 15.4. The van der Waals surface area contributed by atoms with Crippen molar-refractivity contribution in [2.75, 3.05) is 25.5 Å². The topological polar surface area (TPSA) is 50.8 Å². The Morgan fingerprint density at radius 3 is 2.46 bits per heavy atom. The van der Waals surface area contributed by atoms with Crippen LogP contribution >= 0.6 is 0 Å². The van der Waals surface area contributed by atoms with Crippen LogP contribution in [0.25, 0.3) is 0 Å². The number of rotatable bonds is 5. The Kier molecular flexibility index (Phi) is 5.91. The number of morpholine rings is 1. The van der Waals surface area contributed by atoms with Crippen molar-refractivity contribution in [2.24, 2.45) is 0 Å². The molecule has 26 heavy (non-hydrogen) atoms. The summed E-state index contributed by atoms with van der Waals surface area (Å²) in [6, 6.07) is 16.9. The molecular formula is C21H26N2O3. The number of nitrogens with one attached hydrogen (secondary N) is 1. The largest absolute Gasteiger partial charge is 0.497 e. The first-order chi connectivity index (χ1) is 12.6. The SMILES string of the molecule is COc1cccc(NC(=O)C(c2ccccc2)N2CC(C)OC(C)C2)c1. The van der Waals surface area contributed by atoms with E-state index in [0.717, 1.165) is 24.3 Å². The summed E-state index contributed by atoms with van der Waals surface area (Å²) in [7, 11) is 1.62. The fraction of sp³-hybridized carbons (Fsp3) is 0.381. The number of carbonyl (C=O) groups excluding carboxylic acids is 1. The van der Waals surface area contributed by atoms with Crippen LogP contribution in [0.5, 0.6) is 5.75 Å². The normalized spacial score (nSPS) is 21.8. The van der Waals surface area contributed by atoms with Gasteiger partial charge in [-0.25, -0.2) is 0 Å². The van der Waals surface area contributed by atoms with Crippen LogP contribution in [0.15, 0.2) is 54.6 Å². The predicted molar refractivity (Wildman–Crippen MR) is 102 cm³/mol. The summed E-state index contributed by atoms with van der Waals surface area (Å²) in [5, 5.41) is 3.04. The maximum absolute atomic E-state index is 13.2. The molecule has 3 rings (SSSR count). The van der Waals surface area contributed by atoms with E-state index in [4.69, 9.17) is 9.47 Å². The quantitative estimate of drug-likeness (QED) is 0.893. The number of benzene rings is 2. The van der Waals surface area contributed by atoms with Gasteiger partial charge >= 0.3 is 0 Å². The van der Waals surface area contributed by atoms with E-state index >= 15 is 0 Å². The second-order valence-electron chi connectivity index (χ2n) is 6.75. The summed E-state index contributed by atoms with van der Waals surface area (Å²) >= 11 is 0. The minimum absolute atomic E-state index is 0.0502. The summed E-state index contributed by atoms with van der Waals surface area (Å²) < 4.78 is 11.1. The van der Waals surface area contributed by atoms with Crippen LogP contribution in [0.4, 0.5) is 5.69 Å². The van der Waals surface area contributed by atoms with Crippen molar-refractivity contribution in [3.8, 4) is 5.75 Å². The van der Waals surface area contributed by atoms with Crippen molar-refractivity contribution in [2.45, 2.75) is 32.1 Å². The van der Waals surface area contributed by atoms with Crippen LogP contribution in [-0.2, 0) is 9.53 Å². The van der Waals surface area contributed by atoms with Gasteiger partial charge in [-0.3, -0.25) is 9.69 Å². The molecule has 5 heteroatoms. The van der Waals surface area contributed by atoms with Gasteiger partial charge < -0.3 is 14.8 Å². The lowest BCUT2D eigenvalue weighted by molar-refractivity contribution is -0.128. The highest BCUT2D eigenvalue weighted by Gasteiger charge is 2.33. The molecule has 0 radical (unpaired) electrons. The zero-order valence-corrected chi connectivity index (χ0v) is 15.5. The van der Waals surface area contributed by atoms with E-state index in [1.807, 2.05) is 68.4 Å². The van der Waals surface area contributed by atoms with Crippen molar-refractivity contribution in [3.05, 3.63) is 60.2 Å². The van der Waals surface area contributed by atoms with Gasteiger partial charge in [0.1, 0.15) is 11.8 Å². The number of ether oxygens (including phenoxy) is 2. The molecule has 0 aromatic heterocycles. The second-order valence-corrected chi connectivity index (χ2v) is 6.75. The molecule has 1 saturated heterocycles. The zero-order valence-electron chi connectivity index (χ0n) is 15.5. The maximum atomic E-state index is 13.2. The summed E-state index contributed by atoms with van der Waals surface area (Å²) in [5.41, 5.74) is 1.71. The van der Waals surface area contributed by atoms with Crippen LogP contribution in [0, 0.1) is 0 Å². The van der Waals surface area contributed by atoms with Crippen molar-refractivity contribution < 1.29 is 14.3 Å². The van der Waals surface area contributed by atoms with E-state index in [-0.39, 0.29) is 24.2 Å². The van der Waals surface area contributed by atoms with Crippen molar-refractivity contribution in [3.63, 3.8) is 0 Å². The minimum Gasteiger partial charge on any atom is -0.497 e. The Balaban J connectivity index is 1.86. The number of hydrogen-bond acceptors (Lipinski definition) is 4. The van der Waals surface area contributed by atoms with Gasteiger partial charge in [0.25, 0.3) is 0 Å². The smallest absolute Gasteiger partial charge is 0.246 e. The van der Waals surface area contributed by atoms with Gasteiger partial charge in [0.15, 0.2) is 0 Å². The third-order valence-electron chi connectivity index (χ3n) is 4.51. The van der Waals surface area contributed by atoms with Crippen LogP contribution in [0.3, 0.4) is 0 Å². The third-order valence-corrected chi connectivity index (χ3v) is 4.51. The summed E-state index contributed by atoms with van der Waals surface area (Å²) in [6.45, 7) is 5.53. The number of methoxy groups -OCH3 is 1. The molecule has 0 bridgehead atoms. The molecule has 1 heterocycles. The first kappa shape index (κ1) is 18.4. The van der Waals surface area contributed by atoms with E-state index in [1.54, 1.807) is 7.11 Å². The molecular weight excluding hydrogens is 328 g/mol. The molecule has 0 aliphatic carbocycles. The van der Waals surface area contributed by atoms with E-state index in [0.29, 0.717) is 5.75 Å². The lowest BCUT2D eigenvalue weighted by Gasteiger charge is -2.39. The molecule has 138 valence electrons. The van der Waals surface area contributed by atoms with Gasteiger partial charge in [-0.2, -0.15) is 0 Å². The highest BCUT2D eigenvalue weighted by atomic mass is 16.5. The van der Waals surface area contributed by atoms with E-state index < -0.39 is 0 Å². The first-order valence-corrected chi connectivity index (χ1v) is 8.96. The number of carbonyl (C=O) groups is 1. The molecule has 2 aromatic carbocycles. The second kappa shape index (κ2) is 8.34. The Morgan fingerprint density at radius 2 is 1.81 bits per heavy atom. The Morgan fingerprint density at radius 1 is 1.12 bits per heavy atom. The van der Waals surface area contributed by atoms with Gasteiger partial charge in [-0.1, -0.05) is 36.4 Å². The van der Waals surface area contributed by atoms with Gasteiger partial charge in [0.05, 0.1) is 19.3 Å². The van der Waals surface area contributed by atoms with Crippen LogP contribution in [-0.4, -0.2) is 43.2 Å². The molecule has 1 aliphatic heterocycles. The van der Waals surface area contributed by atoms with Crippen LogP contribution in [0.1, 0.15) is 25.5 Å². The standard InChI is InChI=1S/C21H26N2O3/c1-15-13-23(14-16(2)26-15)20(17-8-5-4-6-9-17)21(24)22-18-10-7-11-19(12-18)25-3/h4-12,15-16,20H,13-14H2,1-3H3,(H,22,24). The minimum atomic E-state index is -0.365. The number of hydrogen-bond donors (Lipinski definition) is 1. The lowest BCUT2D eigenvalue weighted by atomic mass is 10.0. The molecule has 1 amide bonds.